The van der Waals surface area contributed by atoms with Crippen molar-refractivity contribution in [1.82, 2.24) is 14.2 Å². The van der Waals surface area contributed by atoms with E-state index in [2.05, 4.69) is 17.2 Å². The van der Waals surface area contributed by atoms with Crippen LogP contribution in [0.25, 0.3) is 0 Å². The van der Waals surface area contributed by atoms with E-state index >= 15 is 0 Å². The van der Waals surface area contributed by atoms with Crippen LogP contribution in [-0.4, -0.2) is 60.6 Å². The molecule has 2 N–H and O–H groups in total. The van der Waals surface area contributed by atoms with Crippen molar-refractivity contribution in [2.24, 2.45) is 11.8 Å². The van der Waals surface area contributed by atoms with Crippen molar-refractivity contribution in [1.29, 1.82) is 0 Å². The number of aryl methyl sites for hydroxylation is 2. The molecule has 2 aliphatic rings. The van der Waals surface area contributed by atoms with Gasteiger partial charge < -0.3 is 15.2 Å². The Kier molecular flexibility index (Phi) is 7.14. The van der Waals surface area contributed by atoms with Gasteiger partial charge in [0.2, 0.25) is 15.9 Å². The van der Waals surface area contributed by atoms with Crippen molar-refractivity contribution in [3.05, 3.63) is 47.3 Å². The fourth-order valence-electron chi connectivity index (χ4n) is 4.62. The van der Waals surface area contributed by atoms with E-state index in [1.165, 1.54) is 16.6 Å². The van der Waals surface area contributed by atoms with Crippen molar-refractivity contribution < 1.29 is 18.0 Å². The highest BCUT2D eigenvalue weighted by molar-refractivity contribution is 7.89. The second-order valence-corrected chi connectivity index (χ2v) is 11.7. The number of nitrogens with zero attached hydrogens (tertiary/aromatic N) is 2. The number of carbonyl (C=O) groups excluding carboxylic acids is 2. The zero-order chi connectivity index (χ0) is 24.5. The number of sulfonamides is 1. The molecule has 3 heterocycles. The van der Waals surface area contributed by atoms with Gasteiger partial charge in [0.05, 0.1) is 5.92 Å². The summed E-state index contributed by atoms with van der Waals surface area (Å²) in [6.07, 6.45) is 4.53. The van der Waals surface area contributed by atoms with Crippen LogP contribution >= 0.6 is 0 Å². The second kappa shape index (κ2) is 9.92. The zero-order valence-electron chi connectivity index (χ0n) is 20.1. The van der Waals surface area contributed by atoms with Crippen LogP contribution in [-0.2, 0) is 14.8 Å². The van der Waals surface area contributed by atoms with E-state index < -0.39 is 15.9 Å². The topological polar surface area (TPSA) is 103 Å². The van der Waals surface area contributed by atoms with Crippen molar-refractivity contribution in [2.75, 3.05) is 31.5 Å². The number of likely N-dealkylation sites (tertiary alicyclic amines) is 1. The minimum absolute atomic E-state index is 0.0662. The first-order chi connectivity index (χ1) is 16.1. The van der Waals surface area contributed by atoms with E-state index in [1.807, 2.05) is 32.0 Å². The number of amides is 2. The van der Waals surface area contributed by atoms with Crippen LogP contribution in [0.4, 0.5) is 5.69 Å². The number of aromatic nitrogens is 1. The number of aromatic amines is 1. The van der Waals surface area contributed by atoms with Gasteiger partial charge in [-0.05, 0) is 74.8 Å². The number of rotatable bonds is 5. The van der Waals surface area contributed by atoms with Gasteiger partial charge in [-0.25, -0.2) is 8.42 Å². The average Bonchev–Trinajstić information content (AvgIpc) is 3.33. The molecule has 0 bridgehead atoms. The van der Waals surface area contributed by atoms with E-state index in [9.17, 15) is 18.0 Å². The number of benzene rings is 1. The Balaban J connectivity index is 1.42. The Morgan fingerprint density at radius 3 is 2.47 bits per heavy atom. The van der Waals surface area contributed by atoms with Crippen LogP contribution in [0, 0.1) is 25.7 Å². The molecule has 1 atom stereocenters. The molecule has 0 saturated carbocycles. The smallest absolute Gasteiger partial charge is 0.270 e. The Hall–Kier alpha value is -2.65. The summed E-state index contributed by atoms with van der Waals surface area (Å²) in [5.74, 6) is -0.173. The highest BCUT2D eigenvalue weighted by Crippen LogP contribution is 2.26. The highest BCUT2D eigenvalue weighted by atomic mass is 32.2. The zero-order valence-corrected chi connectivity index (χ0v) is 21.0. The number of anilines is 1. The lowest BCUT2D eigenvalue weighted by atomic mass is 9.98. The predicted octanol–water partition coefficient (Wildman–Crippen LogP) is 3.54. The molecule has 2 aliphatic heterocycles. The maximum absolute atomic E-state index is 13.3. The first-order valence-electron chi connectivity index (χ1n) is 12.0. The van der Waals surface area contributed by atoms with E-state index in [4.69, 9.17) is 0 Å². The van der Waals surface area contributed by atoms with Gasteiger partial charge in [-0.15, -0.1) is 0 Å². The van der Waals surface area contributed by atoms with Crippen LogP contribution in [0.2, 0.25) is 0 Å². The Bertz CT molecular complexity index is 1170. The molecular formula is C25H34N4O4S. The molecule has 184 valence electrons. The molecular weight excluding hydrogens is 452 g/mol. The van der Waals surface area contributed by atoms with Gasteiger partial charge in [0.1, 0.15) is 10.6 Å². The molecule has 2 amide bonds. The number of hydrogen-bond acceptors (Lipinski definition) is 4. The lowest BCUT2D eigenvalue weighted by Crippen LogP contribution is -2.43. The lowest BCUT2D eigenvalue weighted by Gasteiger charge is -2.31. The summed E-state index contributed by atoms with van der Waals surface area (Å²) >= 11 is 0. The minimum Gasteiger partial charge on any atom is -0.356 e. The highest BCUT2D eigenvalue weighted by Gasteiger charge is 2.34. The van der Waals surface area contributed by atoms with Crippen LogP contribution in [0.15, 0.2) is 35.4 Å². The molecule has 2 fully saturated rings. The van der Waals surface area contributed by atoms with E-state index in [0.29, 0.717) is 44.1 Å². The predicted molar refractivity (Wildman–Crippen MR) is 131 cm³/mol. The van der Waals surface area contributed by atoms with Gasteiger partial charge in [-0.1, -0.05) is 13.0 Å². The van der Waals surface area contributed by atoms with Crippen LogP contribution < -0.4 is 5.32 Å². The number of piperidine rings is 2. The fraction of sp³-hybridized carbons (Fsp3) is 0.520. The second-order valence-electron chi connectivity index (χ2n) is 9.71. The summed E-state index contributed by atoms with van der Waals surface area (Å²) in [7, 11) is -3.81. The van der Waals surface area contributed by atoms with Gasteiger partial charge in [0.15, 0.2) is 0 Å². The van der Waals surface area contributed by atoms with Gasteiger partial charge in [0, 0.05) is 38.1 Å². The van der Waals surface area contributed by atoms with E-state index in [0.717, 1.165) is 24.0 Å². The summed E-state index contributed by atoms with van der Waals surface area (Å²) in [5, 5.41) is 2.93. The Labute approximate surface area is 201 Å². The first kappa shape index (κ1) is 24.5. The van der Waals surface area contributed by atoms with Gasteiger partial charge in [0.25, 0.3) is 5.91 Å². The summed E-state index contributed by atoms with van der Waals surface area (Å²) in [6.45, 7) is 8.02. The summed E-state index contributed by atoms with van der Waals surface area (Å²) < 4.78 is 28.0. The third-order valence-electron chi connectivity index (χ3n) is 7.12. The molecule has 1 aromatic carbocycles. The molecule has 9 heteroatoms. The number of carbonyl (C=O) groups is 2. The molecule has 0 radical (unpaired) electrons. The molecule has 0 spiro atoms. The summed E-state index contributed by atoms with van der Waals surface area (Å²) in [4.78, 5) is 30.4. The molecule has 2 aromatic rings. The maximum atomic E-state index is 13.3. The van der Waals surface area contributed by atoms with E-state index in [1.54, 1.807) is 4.90 Å². The van der Waals surface area contributed by atoms with Crippen molar-refractivity contribution in [3.8, 4) is 0 Å². The quantitative estimate of drug-likeness (QED) is 0.675. The average molecular weight is 487 g/mol. The first-order valence-corrected chi connectivity index (χ1v) is 13.4. The Morgan fingerprint density at radius 1 is 1.03 bits per heavy atom. The molecule has 1 unspecified atom stereocenters. The van der Waals surface area contributed by atoms with Gasteiger partial charge in [-0.3, -0.25) is 9.59 Å². The standard InChI is InChI=1S/C25H34N4O4S/c1-17-8-11-28(12-9-17)25(31)23-14-22(15-26-23)34(32,33)29-10-4-5-20(16-29)24(30)27-21-7-6-18(2)19(3)13-21/h6-7,13-15,17,20,26H,4-5,8-12,16H2,1-3H3,(H,27,30). The van der Waals surface area contributed by atoms with Gasteiger partial charge in [-0.2, -0.15) is 4.31 Å². The largest absolute Gasteiger partial charge is 0.356 e. The summed E-state index contributed by atoms with van der Waals surface area (Å²) in [5.41, 5.74) is 3.23. The SMILES string of the molecule is Cc1ccc(NC(=O)C2CCCN(S(=O)(=O)c3c[nH]c(C(=O)N4CCC(C)CC4)c3)C2)cc1C. The third kappa shape index (κ3) is 5.20. The van der Waals surface area contributed by atoms with Crippen LogP contribution in [0.5, 0.6) is 0 Å². The third-order valence-corrected chi connectivity index (χ3v) is 8.97. The lowest BCUT2D eigenvalue weighted by molar-refractivity contribution is -0.120. The van der Waals surface area contributed by atoms with Crippen LogP contribution in [0.3, 0.4) is 0 Å². The Morgan fingerprint density at radius 2 is 1.76 bits per heavy atom. The molecule has 1 aromatic heterocycles. The summed E-state index contributed by atoms with van der Waals surface area (Å²) in [6, 6.07) is 7.16. The van der Waals surface area contributed by atoms with Crippen molar-refractivity contribution in [3.63, 3.8) is 0 Å². The fourth-order valence-corrected chi connectivity index (χ4v) is 6.13. The number of H-pyrrole nitrogens is 1. The van der Waals surface area contributed by atoms with Crippen molar-refractivity contribution in [2.45, 2.75) is 51.3 Å². The number of hydrogen-bond donors (Lipinski definition) is 2. The monoisotopic (exact) mass is 486 g/mol. The molecule has 4 rings (SSSR count). The maximum Gasteiger partial charge on any atom is 0.270 e. The van der Waals surface area contributed by atoms with Crippen molar-refractivity contribution >= 4 is 27.5 Å². The molecule has 34 heavy (non-hydrogen) atoms. The molecule has 2 saturated heterocycles. The number of nitrogens with one attached hydrogen (secondary N) is 2. The molecule has 0 aliphatic carbocycles. The van der Waals surface area contributed by atoms with Gasteiger partial charge >= 0.3 is 0 Å². The van der Waals surface area contributed by atoms with Crippen LogP contribution in [0.1, 0.15) is 54.2 Å². The molecule has 8 nitrogen and oxygen atoms in total. The van der Waals surface area contributed by atoms with E-state index in [-0.39, 0.29) is 28.9 Å². The minimum atomic E-state index is -3.81. The normalized spacial score (nSPS) is 20.3.